The van der Waals surface area contributed by atoms with Crippen LogP contribution in [-0.2, 0) is 0 Å². The SMILES string of the molecule is CCC(=O)c1ccc2c(c1)sc1cc(C(=O)CBr)ccc12. The molecular weight excluding hydrogens is 348 g/mol. The molecule has 1 heterocycles. The third-order valence-corrected chi connectivity index (χ3v) is 5.18. The molecule has 0 bridgehead atoms. The van der Waals surface area contributed by atoms with Crippen LogP contribution in [-0.4, -0.2) is 16.9 Å². The van der Waals surface area contributed by atoms with Crippen molar-refractivity contribution in [2.75, 3.05) is 5.33 Å². The smallest absolute Gasteiger partial charge is 0.173 e. The molecule has 0 aliphatic rings. The molecule has 2 aromatic carbocycles. The maximum atomic E-state index is 11.8. The Labute approximate surface area is 134 Å². The van der Waals surface area contributed by atoms with Crippen molar-refractivity contribution >= 4 is 59.0 Å². The minimum Gasteiger partial charge on any atom is -0.294 e. The molecule has 3 rings (SSSR count). The summed E-state index contributed by atoms with van der Waals surface area (Å²) in [4.78, 5) is 23.6. The van der Waals surface area contributed by atoms with Crippen LogP contribution < -0.4 is 0 Å². The van der Waals surface area contributed by atoms with Crippen molar-refractivity contribution in [3.8, 4) is 0 Å². The molecule has 0 saturated heterocycles. The molecule has 106 valence electrons. The summed E-state index contributed by atoms with van der Waals surface area (Å²) in [5.41, 5.74) is 1.48. The Balaban J connectivity index is 2.19. The van der Waals surface area contributed by atoms with Crippen LogP contribution in [0.3, 0.4) is 0 Å². The van der Waals surface area contributed by atoms with Crippen LogP contribution in [0.15, 0.2) is 36.4 Å². The van der Waals surface area contributed by atoms with E-state index in [9.17, 15) is 9.59 Å². The van der Waals surface area contributed by atoms with E-state index >= 15 is 0 Å². The van der Waals surface area contributed by atoms with E-state index in [1.807, 2.05) is 43.3 Å². The molecule has 4 heteroatoms. The second-order valence-corrected chi connectivity index (χ2v) is 6.50. The van der Waals surface area contributed by atoms with Crippen molar-refractivity contribution in [2.45, 2.75) is 13.3 Å². The maximum Gasteiger partial charge on any atom is 0.173 e. The highest BCUT2D eigenvalue weighted by atomic mass is 79.9. The van der Waals surface area contributed by atoms with Gasteiger partial charge in [0.2, 0.25) is 0 Å². The highest BCUT2D eigenvalue weighted by Crippen LogP contribution is 2.35. The number of hydrogen-bond donors (Lipinski definition) is 0. The molecule has 0 aliphatic carbocycles. The van der Waals surface area contributed by atoms with Crippen LogP contribution in [0.2, 0.25) is 0 Å². The van der Waals surface area contributed by atoms with Crippen molar-refractivity contribution < 1.29 is 9.59 Å². The van der Waals surface area contributed by atoms with Crippen LogP contribution in [0.1, 0.15) is 34.1 Å². The molecule has 0 aliphatic heterocycles. The third kappa shape index (κ3) is 2.54. The zero-order valence-electron chi connectivity index (χ0n) is 11.5. The van der Waals surface area contributed by atoms with Gasteiger partial charge in [0.1, 0.15) is 0 Å². The number of thiophene rings is 1. The molecule has 3 aromatic rings. The van der Waals surface area contributed by atoms with Crippen molar-refractivity contribution in [3.63, 3.8) is 0 Å². The number of ketones is 2. The summed E-state index contributed by atoms with van der Waals surface area (Å²) in [6.07, 6.45) is 0.514. The average Bonchev–Trinajstić information content (AvgIpc) is 2.89. The van der Waals surface area contributed by atoms with Gasteiger partial charge < -0.3 is 0 Å². The van der Waals surface area contributed by atoms with Gasteiger partial charge in [-0.15, -0.1) is 11.3 Å². The molecule has 0 spiro atoms. The van der Waals surface area contributed by atoms with Crippen molar-refractivity contribution in [3.05, 3.63) is 47.5 Å². The highest BCUT2D eigenvalue weighted by molar-refractivity contribution is 9.09. The quantitative estimate of drug-likeness (QED) is 0.471. The Morgan fingerprint density at radius 3 is 1.95 bits per heavy atom. The van der Waals surface area contributed by atoms with Gasteiger partial charge in [0.05, 0.1) is 5.33 Å². The molecular formula is C17H13BrO2S. The second-order valence-electron chi connectivity index (χ2n) is 4.86. The summed E-state index contributed by atoms with van der Waals surface area (Å²) in [7, 11) is 0. The molecule has 21 heavy (non-hydrogen) atoms. The summed E-state index contributed by atoms with van der Waals surface area (Å²) >= 11 is 4.83. The minimum atomic E-state index is 0.0798. The predicted octanol–water partition coefficient (Wildman–Crippen LogP) is 5.22. The first-order valence-corrected chi connectivity index (χ1v) is 8.66. The van der Waals surface area contributed by atoms with Gasteiger partial charge >= 0.3 is 0 Å². The van der Waals surface area contributed by atoms with E-state index in [0.29, 0.717) is 11.8 Å². The Morgan fingerprint density at radius 1 is 0.952 bits per heavy atom. The topological polar surface area (TPSA) is 34.1 Å². The number of benzene rings is 2. The van der Waals surface area contributed by atoms with Gasteiger partial charge in [0, 0.05) is 37.7 Å². The molecule has 0 unspecified atom stereocenters. The van der Waals surface area contributed by atoms with Crippen LogP contribution >= 0.6 is 27.3 Å². The standard InChI is InChI=1S/C17H13BrO2S/c1-2-14(19)10-3-5-12-13-6-4-11(15(20)9-18)8-17(13)21-16(12)7-10/h3-8H,2,9H2,1H3. The maximum absolute atomic E-state index is 11.8. The summed E-state index contributed by atoms with van der Waals surface area (Å²) in [6.45, 7) is 1.87. The predicted molar refractivity (Wildman–Crippen MR) is 92.1 cm³/mol. The fraction of sp³-hybridized carbons (Fsp3) is 0.176. The number of halogens is 1. The monoisotopic (exact) mass is 360 g/mol. The van der Waals surface area contributed by atoms with Gasteiger partial charge in [-0.25, -0.2) is 0 Å². The van der Waals surface area contributed by atoms with Crippen LogP contribution in [0.4, 0.5) is 0 Å². The zero-order chi connectivity index (χ0) is 15.0. The molecule has 0 amide bonds. The molecule has 0 saturated carbocycles. The first-order valence-electron chi connectivity index (χ1n) is 6.72. The number of fused-ring (bicyclic) bond motifs is 3. The van der Waals surface area contributed by atoms with E-state index in [1.165, 1.54) is 0 Å². The molecule has 0 radical (unpaired) electrons. The Morgan fingerprint density at radius 2 is 1.48 bits per heavy atom. The summed E-state index contributed by atoms with van der Waals surface area (Å²) in [5, 5.41) is 2.61. The summed E-state index contributed by atoms with van der Waals surface area (Å²) in [5.74, 6) is 0.237. The number of carbonyl (C=O) groups is 2. The van der Waals surface area contributed by atoms with Crippen LogP contribution in [0.25, 0.3) is 20.2 Å². The van der Waals surface area contributed by atoms with E-state index in [2.05, 4.69) is 15.9 Å². The lowest BCUT2D eigenvalue weighted by Crippen LogP contribution is -1.98. The normalized spacial score (nSPS) is 11.1. The number of Topliss-reactive ketones (excluding diaryl/α,β-unsaturated/α-hetero) is 2. The summed E-state index contributed by atoms with van der Waals surface area (Å²) in [6, 6.07) is 11.6. The van der Waals surface area contributed by atoms with Crippen molar-refractivity contribution in [1.29, 1.82) is 0 Å². The van der Waals surface area contributed by atoms with E-state index < -0.39 is 0 Å². The fourth-order valence-corrected chi connectivity index (χ4v) is 3.91. The number of alkyl halides is 1. The van der Waals surface area contributed by atoms with Crippen LogP contribution in [0, 0.1) is 0 Å². The molecule has 0 N–H and O–H groups in total. The zero-order valence-corrected chi connectivity index (χ0v) is 13.9. The van der Waals surface area contributed by atoms with Crippen molar-refractivity contribution in [2.24, 2.45) is 0 Å². The first-order chi connectivity index (χ1) is 10.1. The molecule has 0 atom stereocenters. The van der Waals surface area contributed by atoms with E-state index in [1.54, 1.807) is 11.3 Å². The van der Waals surface area contributed by atoms with Gasteiger partial charge in [-0.2, -0.15) is 0 Å². The van der Waals surface area contributed by atoms with Crippen LogP contribution in [0.5, 0.6) is 0 Å². The Hall–Kier alpha value is -1.52. The number of rotatable bonds is 4. The number of carbonyl (C=O) groups excluding carboxylic acids is 2. The van der Waals surface area contributed by atoms with Gasteiger partial charge in [0.15, 0.2) is 11.6 Å². The van der Waals surface area contributed by atoms with Gasteiger partial charge in [-0.05, 0) is 12.1 Å². The van der Waals surface area contributed by atoms with E-state index in [-0.39, 0.29) is 11.6 Å². The lowest BCUT2D eigenvalue weighted by Gasteiger charge is -1.98. The first kappa shape index (κ1) is 14.4. The fourth-order valence-electron chi connectivity index (χ4n) is 2.41. The largest absolute Gasteiger partial charge is 0.294 e. The Bertz CT molecular complexity index is 793. The summed E-state index contributed by atoms with van der Waals surface area (Å²) < 4.78 is 2.17. The molecule has 0 fully saturated rings. The highest BCUT2D eigenvalue weighted by Gasteiger charge is 2.11. The minimum absolute atomic E-state index is 0.0798. The molecule has 1 aromatic heterocycles. The average molecular weight is 361 g/mol. The molecule has 2 nitrogen and oxygen atoms in total. The number of hydrogen-bond acceptors (Lipinski definition) is 3. The van der Waals surface area contributed by atoms with E-state index in [0.717, 1.165) is 31.3 Å². The third-order valence-electron chi connectivity index (χ3n) is 3.56. The van der Waals surface area contributed by atoms with Gasteiger partial charge in [0.25, 0.3) is 0 Å². The second kappa shape index (κ2) is 5.70. The van der Waals surface area contributed by atoms with E-state index in [4.69, 9.17) is 0 Å². The van der Waals surface area contributed by atoms with Gasteiger partial charge in [-0.3, -0.25) is 9.59 Å². The Kier molecular flexibility index (Phi) is 3.91. The van der Waals surface area contributed by atoms with Crippen molar-refractivity contribution in [1.82, 2.24) is 0 Å². The van der Waals surface area contributed by atoms with Gasteiger partial charge in [-0.1, -0.05) is 47.1 Å². The lowest BCUT2D eigenvalue weighted by molar-refractivity contribution is 0.0986. The lowest BCUT2D eigenvalue weighted by atomic mass is 10.0.